The van der Waals surface area contributed by atoms with E-state index in [9.17, 15) is 9.59 Å². The number of halogens is 2. The zero-order valence-electron chi connectivity index (χ0n) is 15.8. The first-order chi connectivity index (χ1) is 13.4. The molecule has 0 radical (unpaired) electrons. The molecule has 2 amide bonds. The van der Waals surface area contributed by atoms with Gasteiger partial charge in [-0.1, -0.05) is 47.0 Å². The highest BCUT2D eigenvalue weighted by Gasteiger charge is 2.43. The Morgan fingerprint density at radius 3 is 2.25 bits per heavy atom. The number of hydrogen-bond donors (Lipinski definition) is 0. The zero-order chi connectivity index (χ0) is 20.0. The van der Waals surface area contributed by atoms with E-state index in [0.29, 0.717) is 32.6 Å². The molecule has 0 aliphatic carbocycles. The van der Waals surface area contributed by atoms with Crippen LogP contribution in [0.25, 0.3) is 5.57 Å². The van der Waals surface area contributed by atoms with Crippen molar-refractivity contribution in [1.82, 2.24) is 4.90 Å². The molecule has 2 aromatic rings. The van der Waals surface area contributed by atoms with E-state index in [1.54, 1.807) is 18.2 Å². The van der Waals surface area contributed by atoms with Crippen LogP contribution in [0.15, 0.2) is 42.1 Å². The van der Waals surface area contributed by atoms with Crippen LogP contribution in [0.2, 0.25) is 10.0 Å². The van der Waals surface area contributed by atoms with Crippen molar-refractivity contribution in [2.75, 3.05) is 18.0 Å². The Bertz CT molecular complexity index is 1020. The van der Waals surface area contributed by atoms with Crippen LogP contribution in [-0.4, -0.2) is 29.8 Å². The Hall–Kier alpha value is -2.30. The van der Waals surface area contributed by atoms with Crippen LogP contribution in [0.1, 0.15) is 29.5 Å². The summed E-state index contributed by atoms with van der Waals surface area (Å²) < 4.78 is 0. The summed E-state index contributed by atoms with van der Waals surface area (Å²) in [5.74, 6) is -0.636. The van der Waals surface area contributed by atoms with Crippen LogP contribution in [0, 0.1) is 13.8 Å². The summed E-state index contributed by atoms with van der Waals surface area (Å²) in [7, 11) is 0. The Kier molecular flexibility index (Phi) is 4.94. The number of benzene rings is 2. The van der Waals surface area contributed by atoms with Crippen LogP contribution in [-0.2, 0) is 9.59 Å². The van der Waals surface area contributed by atoms with Crippen molar-refractivity contribution in [3.05, 3.63) is 68.8 Å². The molecule has 0 bridgehead atoms. The highest BCUT2D eigenvalue weighted by atomic mass is 35.5. The number of rotatable bonds is 3. The molecule has 2 aliphatic heterocycles. The molecular weight excluding hydrogens is 395 g/mol. The number of hydrogen-bond acceptors (Lipinski definition) is 3. The zero-order valence-corrected chi connectivity index (χ0v) is 17.3. The highest BCUT2D eigenvalue weighted by Crippen LogP contribution is 2.39. The Morgan fingerprint density at radius 1 is 0.893 bits per heavy atom. The average molecular weight is 415 g/mol. The lowest BCUT2D eigenvalue weighted by atomic mass is 10.0. The number of carbonyl (C=O) groups excluding carboxylic acids is 2. The van der Waals surface area contributed by atoms with E-state index >= 15 is 0 Å². The van der Waals surface area contributed by atoms with Gasteiger partial charge in [0.15, 0.2) is 0 Å². The lowest BCUT2D eigenvalue weighted by Gasteiger charge is -2.21. The molecule has 0 unspecified atom stereocenters. The normalized spacial score (nSPS) is 17.3. The van der Waals surface area contributed by atoms with E-state index in [4.69, 9.17) is 23.2 Å². The summed E-state index contributed by atoms with van der Waals surface area (Å²) in [6.45, 7) is 5.40. The number of imide groups is 1. The second-order valence-corrected chi connectivity index (χ2v) is 8.12. The van der Waals surface area contributed by atoms with Gasteiger partial charge in [0.05, 0.1) is 16.3 Å². The van der Waals surface area contributed by atoms with Crippen LogP contribution in [0.4, 0.5) is 5.69 Å². The molecule has 0 saturated carbocycles. The molecule has 0 atom stereocenters. The molecule has 2 aromatic carbocycles. The first-order valence-electron chi connectivity index (χ1n) is 9.29. The van der Waals surface area contributed by atoms with Crippen LogP contribution in [0.3, 0.4) is 0 Å². The smallest absolute Gasteiger partial charge is 0.282 e. The lowest BCUT2D eigenvalue weighted by molar-refractivity contribution is -0.120. The summed E-state index contributed by atoms with van der Waals surface area (Å²) in [5, 5.41) is 0.850. The Morgan fingerprint density at radius 2 is 1.61 bits per heavy atom. The molecule has 1 fully saturated rings. The van der Waals surface area contributed by atoms with E-state index in [0.717, 1.165) is 37.1 Å². The third-order valence-electron chi connectivity index (χ3n) is 5.28. The molecule has 0 spiro atoms. The maximum absolute atomic E-state index is 13.5. The van der Waals surface area contributed by atoms with Gasteiger partial charge >= 0.3 is 0 Å². The standard InChI is InChI=1S/C22H20Cl2N2O2/c1-13-5-8-18(14(2)11-13)26-21(27)19(16-7-6-15(23)12-17(16)24)20(22(26)28)25-9-3-4-10-25/h5-8,11-12H,3-4,9-10H2,1-2H3. The van der Waals surface area contributed by atoms with Gasteiger partial charge in [0, 0.05) is 23.7 Å². The van der Waals surface area contributed by atoms with Crippen molar-refractivity contribution in [2.45, 2.75) is 26.7 Å². The van der Waals surface area contributed by atoms with Crippen molar-refractivity contribution < 1.29 is 9.59 Å². The molecular formula is C22H20Cl2N2O2. The Labute approximate surface area is 174 Å². The minimum atomic E-state index is -0.344. The van der Waals surface area contributed by atoms with Gasteiger partial charge in [-0.15, -0.1) is 0 Å². The quantitative estimate of drug-likeness (QED) is 0.664. The largest absolute Gasteiger partial charge is 0.366 e. The molecule has 144 valence electrons. The van der Waals surface area contributed by atoms with Crippen LogP contribution < -0.4 is 4.90 Å². The van der Waals surface area contributed by atoms with Gasteiger partial charge in [-0.3, -0.25) is 9.59 Å². The molecule has 0 aromatic heterocycles. The lowest BCUT2D eigenvalue weighted by Crippen LogP contribution is -2.35. The average Bonchev–Trinajstić information content (AvgIpc) is 3.23. The Balaban J connectivity index is 1.88. The van der Waals surface area contributed by atoms with Gasteiger partial charge in [0.1, 0.15) is 5.70 Å². The van der Waals surface area contributed by atoms with Crippen molar-refractivity contribution >= 4 is 46.3 Å². The summed E-state index contributed by atoms with van der Waals surface area (Å²) >= 11 is 12.5. The molecule has 0 N–H and O–H groups in total. The maximum Gasteiger partial charge on any atom is 0.282 e. The summed E-state index contributed by atoms with van der Waals surface area (Å²) in [4.78, 5) is 30.2. The van der Waals surface area contributed by atoms with E-state index in [1.807, 2.05) is 36.9 Å². The first-order valence-corrected chi connectivity index (χ1v) is 10.0. The van der Waals surface area contributed by atoms with E-state index in [-0.39, 0.29) is 11.8 Å². The molecule has 1 saturated heterocycles. The number of anilines is 1. The van der Waals surface area contributed by atoms with Gasteiger partial charge in [-0.25, -0.2) is 4.90 Å². The van der Waals surface area contributed by atoms with Crippen LogP contribution in [0.5, 0.6) is 0 Å². The number of amides is 2. The van der Waals surface area contributed by atoms with Crippen molar-refractivity contribution in [1.29, 1.82) is 0 Å². The second-order valence-electron chi connectivity index (χ2n) is 7.28. The van der Waals surface area contributed by atoms with Gasteiger partial charge in [-0.05, 0) is 50.5 Å². The molecule has 28 heavy (non-hydrogen) atoms. The topological polar surface area (TPSA) is 40.6 Å². The monoisotopic (exact) mass is 414 g/mol. The fourth-order valence-corrected chi connectivity index (χ4v) is 4.47. The predicted molar refractivity (Wildman–Crippen MR) is 113 cm³/mol. The predicted octanol–water partition coefficient (Wildman–Crippen LogP) is 4.99. The molecule has 2 heterocycles. The second kappa shape index (κ2) is 7.26. The van der Waals surface area contributed by atoms with Gasteiger partial charge in [-0.2, -0.15) is 0 Å². The molecule has 4 nitrogen and oxygen atoms in total. The van der Waals surface area contributed by atoms with Crippen molar-refractivity contribution in [3.63, 3.8) is 0 Å². The van der Waals surface area contributed by atoms with Crippen molar-refractivity contribution in [2.24, 2.45) is 0 Å². The van der Waals surface area contributed by atoms with Gasteiger partial charge in [0.2, 0.25) is 0 Å². The van der Waals surface area contributed by atoms with Gasteiger partial charge in [0.25, 0.3) is 11.8 Å². The number of likely N-dealkylation sites (tertiary alicyclic amines) is 1. The van der Waals surface area contributed by atoms with Crippen LogP contribution >= 0.6 is 23.2 Å². The fraction of sp³-hybridized carbons (Fsp3) is 0.273. The van der Waals surface area contributed by atoms with E-state index < -0.39 is 0 Å². The first kappa shape index (κ1) is 19.0. The third-order valence-corrected chi connectivity index (χ3v) is 5.82. The number of aryl methyl sites for hydroxylation is 2. The SMILES string of the molecule is Cc1ccc(N2C(=O)C(c3ccc(Cl)cc3Cl)=C(N3CCCC3)C2=O)c(C)c1. The highest BCUT2D eigenvalue weighted by molar-refractivity contribution is 6.47. The summed E-state index contributed by atoms with van der Waals surface area (Å²) in [6, 6.07) is 10.7. The van der Waals surface area contributed by atoms with E-state index in [1.165, 1.54) is 4.90 Å². The molecule has 6 heteroatoms. The number of carbonyl (C=O) groups is 2. The molecule has 2 aliphatic rings. The third kappa shape index (κ3) is 3.11. The summed E-state index contributed by atoms with van der Waals surface area (Å²) in [5.41, 5.74) is 3.90. The maximum atomic E-state index is 13.5. The fourth-order valence-electron chi connectivity index (χ4n) is 3.96. The summed E-state index contributed by atoms with van der Waals surface area (Å²) in [6.07, 6.45) is 1.99. The van der Waals surface area contributed by atoms with Gasteiger partial charge < -0.3 is 4.90 Å². The van der Waals surface area contributed by atoms with E-state index in [2.05, 4.69) is 0 Å². The number of nitrogens with zero attached hydrogens (tertiary/aromatic N) is 2. The molecule has 4 rings (SSSR count). The minimum Gasteiger partial charge on any atom is -0.366 e. The van der Waals surface area contributed by atoms with Crippen molar-refractivity contribution in [3.8, 4) is 0 Å². The minimum absolute atomic E-state index is 0.292.